The van der Waals surface area contributed by atoms with E-state index in [2.05, 4.69) is 15.4 Å². The maximum absolute atomic E-state index is 13.3. The first-order valence-electron chi connectivity index (χ1n) is 6.81. The number of benzene rings is 1. The predicted molar refractivity (Wildman–Crippen MR) is 86.6 cm³/mol. The van der Waals surface area contributed by atoms with Crippen molar-refractivity contribution < 1.29 is 23.5 Å². The summed E-state index contributed by atoms with van der Waals surface area (Å²) < 4.78 is 23.5. The number of rotatable bonds is 7. The van der Waals surface area contributed by atoms with Gasteiger partial charge in [0.1, 0.15) is 17.1 Å². The lowest BCUT2D eigenvalue weighted by atomic mass is 10.1. The van der Waals surface area contributed by atoms with Crippen LogP contribution in [-0.2, 0) is 9.53 Å². The van der Waals surface area contributed by atoms with Crippen LogP contribution in [0.25, 0.3) is 0 Å². The zero-order valence-corrected chi connectivity index (χ0v) is 14.4. The van der Waals surface area contributed by atoms with Crippen molar-refractivity contribution in [3.63, 3.8) is 0 Å². The Morgan fingerprint density at radius 3 is 2.48 bits per heavy atom. The van der Waals surface area contributed by atoms with Crippen LogP contribution >= 0.6 is 12.4 Å². The van der Waals surface area contributed by atoms with Gasteiger partial charge in [-0.05, 0) is 39.1 Å². The number of hydrogen-bond donors (Lipinski definition) is 2. The average Bonchev–Trinajstić information content (AvgIpc) is 2.48. The number of amides is 1. The lowest BCUT2D eigenvalue weighted by Crippen LogP contribution is -2.48. The van der Waals surface area contributed by atoms with Gasteiger partial charge in [0, 0.05) is 13.1 Å². The lowest BCUT2D eigenvalue weighted by Gasteiger charge is -2.26. The monoisotopic (exact) mass is 348 g/mol. The summed E-state index contributed by atoms with van der Waals surface area (Å²) in [5.41, 5.74) is -1.30. The molecular formula is C15H22ClFN2O4. The normalized spacial score (nSPS) is 10.5. The highest BCUT2D eigenvalue weighted by atomic mass is 35.5. The molecule has 2 N–H and O–H groups in total. The molecule has 1 aromatic rings. The van der Waals surface area contributed by atoms with E-state index in [9.17, 15) is 14.0 Å². The second-order valence-corrected chi connectivity index (χ2v) is 5.10. The largest absolute Gasteiger partial charge is 0.477 e. The van der Waals surface area contributed by atoms with Gasteiger partial charge in [0.05, 0.1) is 7.11 Å². The number of ether oxygens (including phenoxy) is 2. The van der Waals surface area contributed by atoms with Gasteiger partial charge in [-0.25, -0.2) is 9.18 Å². The van der Waals surface area contributed by atoms with Gasteiger partial charge in [-0.1, -0.05) is 0 Å². The summed E-state index contributed by atoms with van der Waals surface area (Å²) in [6.45, 7) is 4.18. The number of nitrogens with one attached hydrogen (secondary N) is 2. The standard InChI is InChI=1S/C15H21FN2O4.ClH/c1-15(2,14(20)18-8-7-17-3)22-12-6-5-10(16)9-11(12)13(19)21-4;/h5-6,9,17H,7-8H2,1-4H3,(H,18,20);1H. The Bertz CT molecular complexity index is 552. The fraction of sp³-hybridized carbons (Fsp3) is 0.467. The van der Waals surface area contributed by atoms with Gasteiger partial charge >= 0.3 is 5.97 Å². The zero-order chi connectivity index (χ0) is 16.8. The smallest absolute Gasteiger partial charge is 0.341 e. The summed E-state index contributed by atoms with van der Waals surface area (Å²) in [5.74, 6) is -1.59. The van der Waals surface area contributed by atoms with Gasteiger partial charge < -0.3 is 20.1 Å². The van der Waals surface area contributed by atoms with Crippen LogP contribution in [-0.4, -0.2) is 44.7 Å². The zero-order valence-electron chi connectivity index (χ0n) is 13.6. The molecule has 0 aliphatic heterocycles. The van der Waals surface area contributed by atoms with E-state index in [-0.39, 0.29) is 29.6 Å². The Kier molecular flexibility index (Phi) is 8.56. The topological polar surface area (TPSA) is 76.7 Å². The van der Waals surface area contributed by atoms with E-state index < -0.39 is 17.4 Å². The molecular weight excluding hydrogens is 327 g/mol. The Balaban J connectivity index is 0.00000484. The van der Waals surface area contributed by atoms with Crippen molar-refractivity contribution in [1.82, 2.24) is 10.6 Å². The molecule has 0 heterocycles. The fourth-order valence-corrected chi connectivity index (χ4v) is 1.70. The highest BCUT2D eigenvalue weighted by Gasteiger charge is 2.31. The van der Waals surface area contributed by atoms with Gasteiger partial charge in [-0.2, -0.15) is 0 Å². The molecule has 1 aromatic carbocycles. The van der Waals surface area contributed by atoms with Gasteiger partial charge in [-0.15, -0.1) is 12.4 Å². The molecule has 1 amide bonds. The minimum atomic E-state index is -1.23. The molecule has 0 atom stereocenters. The van der Waals surface area contributed by atoms with E-state index in [4.69, 9.17) is 4.74 Å². The van der Waals surface area contributed by atoms with E-state index >= 15 is 0 Å². The number of carbonyl (C=O) groups excluding carboxylic acids is 2. The van der Waals surface area contributed by atoms with E-state index in [0.29, 0.717) is 13.1 Å². The molecule has 0 radical (unpaired) electrons. The first-order valence-corrected chi connectivity index (χ1v) is 6.81. The van der Waals surface area contributed by atoms with Crippen molar-refractivity contribution in [3.05, 3.63) is 29.6 Å². The van der Waals surface area contributed by atoms with Crippen molar-refractivity contribution in [2.75, 3.05) is 27.2 Å². The molecule has 23 heavy (non-hydrogen) atoms. The van der Waals surface area contributed by atoms with Crippen LogP contribution in [0.15, 0.2) is 18.2 Å². The molecule has 0 aliphatic rings. The quantitative estimate of drug-likeness (QED) is 0.577. The van der Waals surface area contributed by atoms with Crippen molar-refractivity contribution >= 4 is 24.3 Å². The molecule has 0 saturated carbocycles. The molecule has 6 nitrogen and oxygen atoms in total. The summed E-state index contributed by atoms with van der Waals surface area (Å²) >= 11 is 0. The van der Waals surface area contributed by atoms with Crippen molar-refractivity contribution in [3.8, 4) is 5.75 Å². The van der Waals surface area contributed by atoms with Crippen LogP contribution in [0.2, 0.25) is 0 Å². The minimum absolute atomic E-state index is 0. The second-order valence-electron chi connectivity index (χ2n) is 5.10. The summed E-state index contributed by atoms with van der Waals surface area (Å²) in [6.07, 6.45) is 0. The predicted octanol–water partition coefficient (Wildman–Crippen LogP) is 1.53. The molecule has 1 rings (SSSR count). The average molecular weight is 349 g/mol. The fourth-order valence-electron chi connectivity index (χ4n) is 1.70. The maximum Gasteiger partial charge on any atom is 0.341 e. The van der Waals surface area contributed by atoms with Crippen molar-refractivity contribution in [1.29, 1.82) is 0 Å². The molecule has 0 spiro atoms. The van der Waals surface area contributed by atoms with Crippen LogP contribution < -0.4 is 15.4 Å². The van der Waals surface area contributed by atoms with Crippen LogP contribution in [0.5, 0.6) is 5.75 Å². The SMILES string of the molecule is CNCCNC(=O)C(C)(C)Oc1ccc(F)cc1C(=O)OC.Cl. The van der Waals surface area contributed by atoms with Crippen LogP contribution in [0.3, 0.4) is 0 Å². The van der Waals surface area contributed by atoms with Gasteiger partial charge in [-0.3, -0.25) is 4.79 Å². The molecule has 0 fully saturated rings. The molecule has 0 aliphatic carbocycles. The highest BCUT2D eigenvalue weighted by molar-refractivity contribution is 5.93. The summed E-state index contributed by atoms with van der Waals surface area (Å²) in [6, 6.07) is 3.46. The Morgan fingerprint density at radius 2 is 1.91 bits per heavy atom. The third-order valence-corrected chi connectivity index (χ3v) is 2.92. The number of esters is 1. The van der Waals surface area contributed by atoms with E-state index in [0.717, 1.165) is 12.1 Å². The van der Waals surface area contributed by atoms with Gasteiger partial charge in [0.25, 0.3) is 5.91 Å². The van der Waals surface area contributed by atoms with Gasteiger partial charge in [0.2, 0.25) is 0 Å². The molecule has 0 bridgehead atoms. The first kappa shape index (κ1) is 21.1. The Labute approximate surface area is 141 Å². The number of methoxy groups -OCH3 is 1. The van der Waals surface area contributed by atoms with E-state index in [1.54, 1.807) is 20.9 Å². The van der Waals surface area contributed by atoms with Crippen LogP contribution in [0, 0.1) is 5.82 Å². The van der Waals surface area contributed by atoms with Crippen LogP contribution in [0.4, 0.5) is 4.39 Å². The Morgan fingerprint density at radius 1 is 1.26 bits per heavy atom. The molecule has 8 heteroatoms. The lowest BCUT2D eigenvalue weighted by molar-refractivity contribution is -0.134. The second kappa shape index (κ2) is 9.32. The molecule has 0 aromatic heterocycles. The summed E-state index contributed by atoms with van der Waals surface area (Å²) in [4.78, 5) is 23.8. The summed E-state index contributed by atoms with van der Waals surface area (Å²) in [7, 11) is 2.96. The first-order chi connectivity index (χ1) is 10.3. The number of likely N-dealkylation sites (N-methyl/N-ethyl adjacent to an activating group) is 1. The molecule has 130 valence electrons. The third-order valence-electron chi connectivity index (χ3n) is 2.92. The molecule has 0 saturated heterocycles. The van der Waals surface area contributed by atoms with Crippen LogP contribution in [0.1, 0.15) is 24.2 Å². The van der Waals surface area contributed by atoms with Crippen molar-refractivity contribution in [2.24, 2.45) is 0 Å². The maximum atomic E-state index is 13.3. The van der Waals surface area contributed by atoms with E-state index in [1.807, 2.05) is 0 Å². The number of carbonyl (C=O) groups is 2. The number of halogens is 2. The van der Waals surface area contributed by atoms with E-state index in [1.165, 1.54) is 13.2 Å². The summed E-state index contributed by atoms with van der Waals surface area (Å²) in [5, 5.41) is 5.61. The minimum Gasteiger partial charge on any atom is -0.477 e. The third kappa shape index (κ3) is 6.03. The van der Waals surface area contributed by atoms with Crippen molar-refractivity contribution in [2.45, 2.75) is 19.4 Å². The molecule has 0 unspecified atom stereocenters. The highest BCUT2D eigenvalue weighted by Crippen LogP contribution is 2.25. The van der Waals surface area contributed by atoms with Gasteiger partial charge in [0.15, 0.2) is 5.60 Å². The Hall–Kier alpha value is -1.86. The number of hydrogen-bond acceptors (Lipinski definition) is 5.